The topological polar surface area (TPSA) is 237 Å². The zero-order valence-electron chi connectivity index (χ0n) is 58.4. The molecular formula is C71H138O17P2. The zero-order valence-corrected chi connectivity index (χ0v) is 60.2. The van der Waals surface area contributed by atoms with Crippen LogP contribution >= 0.6 is 15.6 Å². The normalized spacial score (nSPS) is 14.1. The highest BCUT2D eigenvalue weighted by atomic mass is 31.2. The van der Waals surface area contributed by atoms with Gasteiger partial charge in [0.2, 0.25) is 0 Å². The van der Waals surface area contributed by atoms with Crippen LogP contribution in [0.1, 0.15) is 363 Å². The van der Waals surface area contributed by atoms with Gasteiger partial charge in [-0.2, -0.15) is 0 Å². The molecule has 17 nitrogen and oxygen atoms in total. The van der Waals surface area contributed by atoms with Crippen molar-refractivity contribution in [2.45, 2.75) is 381 Å². The Balaban J connectivity index is 5.21. The van der Waals surface area contributed by atoms with Gasteiger partial charge in [0, 0.05) is 25.7 Å². The molecule has 0 saturated carbocycles. The Hall–Kier alpha value is -1.94. The lowest BCUT2D eigenvalue weighted by Gasteiger charge is -2.21. The van der Waals surface area contributed by atoms with E-state index in [9.17, 15) is 43.2 Å². The lowest BCUT2D eigenvalue weighted by Crippen LogP contribution is -2.30. The molecule has 0 saturated heterocycles. The molecule has 90 heavy (non-hydrogen) atoms. The van der Waals surface area contributed by atoms with Crippen LogP contribution in [0, 0.1) is 11.8 Å². The molecule has 0 aromatic carbocycles. The molecule has 3 N–H and O–H groups in total. The van der Waals surface area contributed by atoms with E-state index in [0.717, 1.165) is 95.8 Å². The van der Waals surface area contributed by atoms with E-state index in [1.54, 1.807) is 0 Å². The molecule has 0 aliphatic carbocycles. The predicted molar refractivity (Wildman–Crippen MR) is 363 cm³/mol. The quantitative estimate of drug-likeness (QED) is 0.0222. The Kier molecular flexibility index (Phi) is 61.8. The highest BCUT2D eigenvalue weighted by molar-refractivity contribution is 7.47. The zero-order chi connectivity index (χ0) is 66.5. The fourth-order valence-corrected chi connectivity index (χ4v) is 12.3. The second-order valence-corrected chi connectivity index (χ2v) is 29.5. The van der Waals surface area contributed by atoms with Gasteiger partial charge in [-0.15, -0.1) is 0 Å². The van der Waals surface area contributed by atoms with Crippen LogP contribution in [0.2, 0.25) is 0 Å². The highest BCUT2D eigenvalue weighted by Gasteiger charge is 2.30. The van der Waals surface area contributed by atoms with Crippen LogP contribution in [0.5, 0.6) is 0 Å². The first-order chi connectivity index (χ1) is 43.4. The Morgan fingerprint density at radius 1 is 0.300 bits per heavy atom. The number of rotatable bonds is 70. The van der Waals surface area contributed by atoms with Gasteiger partial charge in [0.05, 0.1) is 26.4 Å². The molecule has 0 heterocycles. The van der Waals surface area contributed by atoms with Gasteiger partial charge in [0.15, 0.2) is 12.2 Å². The molecule has 5 atom stereocenters. The Labute approximate surface area is 549 Å². The number of phosphoric ester groups is 2. The van der Waals surface area contributed by atoms with Crippen molar-refractivity contribution >= 4 is 39.5 Å². The fourth-order valence-electron chi connectivity index (χ4n) is 10.8. The number of aliphatic hydroxyl groups excluding tert-OH is 1. The summed E-state index contributed by atoms with van der Waals surface area (Å²) < 4.78 is 68.3. The van der Waals surface area contributed by atoms with Crippen LogP contribution in [0.4, 0.5) is 0 Å². The third-order valence-corrected chi connectivity index (χ3v) is 18.4. The maximum Gasteiger partial charge on any atom is 0.472 e. The second kappa shape index (κ2) is 63.1. The van der Waals surface area contributed by atoms with Gasteiger partial charge < -0.3 is 33.8 Å². The van der Waals surface area contributed by atoms with Crippen LogP contribution in [0.15, 0.2) is 0 Å². The van der Waals surface area contributed by atoms with Crippen LogP contribution in [0.25, 0.3) is 0 Å². The summed E-state index contributed by atoms with van der Waals surface area (Å²) in [5, 5.41) is 10.6. The molecule has 0 spiro atoms. The summed E-state index contributed by atoms with van der Waals surface area (Å²) in [6.45, 7) is 9.47. The first kappa shape index (κ1) is 88.1. The van der Waals surface area contributed by atoms with Crippen molar-refractivity contribution in [1.29, 1.82) is 0 Å². The van der Waals surface area contributed by atoms with Gasteiger partial charge in [-0.1, -0.05) is 311 Å². The van der Waals surface area contributed by atoms with Gasteiger partial charge in [-0.05, 0) is 37.5 Å². The summed E-state index contributed by atoms with van der Waals surface area (Å²) in [5.41, 5.74) is 0. The van der Waals surface area contributed by atoms with Gasteiger partial charge in [0.1, 0.15) is 19.3 Å². The number of ether oxygens (including phenoxy) is 4. The standard InChI is InChI=1S/C71H138O17P2/c1-7-9-11-13-15-17-19-20-21-22-23-24-25-26-30-37-43-49-55-70(75)87-66(59-82-69(74)54-48-42-36-31-27-28-33-39-45-51-63(3)4)61-85-89(77,78)83-57-65(72)58-84-90(79,80)86-62-67(88-71(76)56-50-44-38-32-34-40-46-52-64(5)6)60-81-68(73)53-47-41-35-29-18-16-14-12-10-8-2/h63-67,72H,7-62H2,1-6H3,(H,77,78)(H,79,80)/t65-,66-,67-/m1/s1. The van der Waals surface area contributed by atoms with E-state index in [1.807, 2.05) is 0 Å². The molecule has 0 amide bonds. The molecule has 0 fully saturated rings. The molecule has 19 heteroatoms. The SMILES string of the molecule is CCCCCCCCCCCCCCCCCCCCC(=O)O[C@H](COC(=O)CCCCCCCCCCCC(C)C)COP(=O)(O)OC[C@@H](O)COP(=O)(O)OC[C@@H](COC(=O)CCCCCCCCCCCC)OC(=O)CCCCCCCCCC(C)C. The number of phosphoric acid groups is 2. The summed E-state index contributed by atoms with van der Waals surface area (Å²) >= 11 is 0. The molecule has 2 unspecified atom stereocenters. The van der Waals surface area contributed by atoms with Crippen molar-refractivity contribution in [3.8, 4) is 0 Å². The summed E-state index contributed by atoms with van der Waals surface area (Å²) in [6, 6.07) is 0. The smallest absolute Gasteiger partial charge is 0.462 e. The summed E-state index contributed by atoms with van der Waals surface area (Å²) in [7, 11) is -9.90. The minimum atomic E-state index is -4.95. The third kappa shape index (κ3) is 64.8. The van der Waals surface area contributed by atoms with Crippen molar-refractivity contribution in [2.24, 2.45) is 11.8 Å². The van der Waals surface area contributed by atoms with E-state index in [-0.39, 0.29) is 25.7 Å². The van der Waals surface area contributed by atoms with Crippen molar-refractivity contribution in [1.82, 2.24) is 0 Å². The van der Waals surface area contributed by atoms with Crippen LogP contribution < -0.4 is 0 Å². The average molecular weight is 1330 g/mol. The monoisotopic (exact) mass is 1320 g/mol. The Morgan fingerprint density at radius 3 is 0.756 bits per heavy atom. The van der Waals surface area contributed by atoms with Crippen molar-refractivity contribution in [3.63, 3.8) is 0 Å². The maximum atomic E-state index is 13.0. The molecule has 0 aliphatic rings. The predicted octanol–water partition coefficient (Wildman–Crippen LogP) is 20.4. The number of unbranched alkanes of at least 4 members (excludes halogenated alkanes) is 40. The second-order valence-electron chi connectivity index (χ2n) is 26.6. The molecule has 0 aliphatic heterocycles. The number of carbonyl (C=O) groups is 4. The van der Waals surface area contributed by atoms with Gasteiger partial charge in [-0.3, -0.25) is 37.3 Å². The summed E-state index contributed by atoms with van der Waals surface area (Å²) in [4.78, 5) is 72.5. The lowest BCUT2D eigenvalue weighted by atomic mass is 10.0. The average Bonchev–Trinajstić information content (AvgIpc) is 2.86. The molecule has 0 bridgehead atoms. The number of hydrogen-bond donors (Lipinski definition) is 3. The van der Waals surface area contributed by atoms with E-state index < -0.39 is 97.5 Å². The van der Waals surface area contributed by atoms with Gasteiger partial charge >= 0.3 is 39.5 Å². The van der Waals surface area contributed by atoms with Crippen molar-refractivity contribution in [3.05, 3.63) is 0 Å². The first-order valence-electron chi connectivity index (χ1n) is 37.0. The fraction of sp³-hybridized carbons (Fsp3) is 0.944. The lowest BCUT2D eigenvalue weighted by molar-refractivity contribution is -0.161. The molecule has 534 valence electrons. The third-order valence-electron chi connectivity index (χ3n) is 16.5. The molecular weight excluding hydrogens is 1190 g/mol. The van der Waals surface area contributed by atoms with E-state index in [1.165, 1.54) is 180 Å². The van der Waals surface area contributed by atoms with E-state index in [4.69, 9.17) is 37.0 Å². The number of esters is 4. The van der Waals surface area contributed by atoms with Gasteiger partial charge in [-0.25, -0.2) is 9.13 Å². The van der Waals surface area contributed by atoms with Crippen LogP contribution in [0.3, 0.4) is 0 Å². The van der Waals surface area contributed by atoms with E-state index in [0.29, 0.717) is 31.6 Å². The molecule has 0 rings (SSSR count). The minimum Gasteiger partial charge on any atom is -0.462 e. The minimum absolute atomic E-state index is 0.104. The Bertz CT molecular complexity index is 1750. The highest BCUT2D eigenvalue weighted by Crippen LogP contribution is 2.45. The molecule has 0 aromatic heterocycles. The summed E-state index contributed by atoms with van der Waals surface area (Å²) in [5.74, 6) is -0.686. The molecule has 0 aromatic rings. The number of aliphatic hydroxyl groups is 1. The number of carbonyl (C=O) groups excluding carboxylic acids is 4. The van der Waals surface area contributed by atoms with Crippen LogP contribution in [-0.4, -0.2) is 96.7 Å². The molecule has 0 radical (unpaired) electrons. The Morgan fingerprint density at radius 2 is 0.511 bits per heavy atom. The largest absolute Gasteiger partial charge is 0.472 e. The van der Waals surface area contributed by atoms with Crippen molar-refractivity contribution < 1.29 is 80.2 Å². The first-order valence-corrected chi connectivity index (χ1v) is 40.0. The maximum absolute atomic E-state index is 13.0. The van der Waals surface area contributed by atoms with E-state index in [2.05, 4.69) is 41.5 Å². The van der Waals surface area contributed by atoms with Crippen molar-refractivity contribution in [2.75, 3.05) is 39.6 Å². The van der Waals surface area contributed by atoms with E-state index >= 15 is 0 Å². The van der Waals surface area contributed by atoms with Crippen LogP contribution in [-0.2, 0) is 65.4 Å². The van der Waals surface area contributed by atoms with Gasteiger partial charge in [0.25, 0.3) is 0 Å². The number of hydrogen-bond acceptors (Lipinski definition) is 15. The summed E-state index contributed by atoms with van der Waals surface area (Å²) in [6.07, 6.45) is 48.7.